The Balaban J connectivity index is 0.00000264. The van der Waals surface area contributed by atoms with Crippen molar-refractivity contribution in [3.8, 4) is 0 Å². The molecule has 0 fully saturated rings. The van der Waals surface area contributed by atoms with Crippen LogP contribution < -0.4 is 0 Å². The number of ketones is 1. The summed E-state index contributed by atoms with van der Waals surface area (Å²) in [6, 6.07) is 17.8. The number of carbonyl (C=O) groups is 1. The van der Waals surface area contributed by atoms with Crippen molar-refractivity contribution < 1.29 is 4.79 Å². The van der Waals surface area contributed by atoms with Gasteiger partial charge in [-0.15, -0.1) is 17.0 Å². The van der Waals surface area contributed by atoms with Crippen LogP contribution in [0.3, 0.4) is 0 Å². The minimum atomic E-state index is -0.140. The molecule has 23 heavy (non-hydrogen) atoms. The van der Waals surface area contributed by atoms with Crippen LogP contribution in [-0.2, 0) is 0 Å². The Morgan fingerprint density at radius 2 is 1.61 bits per heavy atom. The van der Waals surface area contributed by atoms with Crippen molar-refractivity contribution in [1.82, 2.24) is 4.90 Å². The van der Waals surface area contributed by atoms with E-state index in [9.17, 15) is 4.79 Å². The number of alkyl halides is 1. The van der Waals surface area contributed by atoms with Gasteiger partial charge in [-0.1, -0.05) is 74.3 Å². The van der Waals surface area contributed by atoms with E-state index in [2.05, 4.69) is 48.9 Å². The molecule has 2 aromatic rings. The standard InChI is InChI=1S/C18H19Br2NO.BrH/c1-21(2)17(13-6-4-3-5-7-13)16(12-19)18(22)14-8-10-15(20)11-9-14;/h3-11,16-17H,12H2,1-2H3;1H. The lowest BCUT2D eigenvalue weighted by molar-refractivity contribution is 0.0857. The maximum absolute atomic E-state index is 12.9. The van der Waals surface area contributed by atoms with Crippen LogP contribution in [0.5, 0.6) is 0 Å². The molecule has 2 nitrogen and oxygen atoms in total. The summed E-state index contributed by atoms with van der Waals surface area (Å²) in [5, 5.41) is 0.625. The van der Waals surface area contributed by atoms with Crippen LogP contribution in [0, 0.1) is 5.92 Å². The quantitative estimate of drug-likeness (QED) is 0.380. The van der Waals surface area contributed by atoms with Crippen LogP contribution in [0.4, 0.5) is 0 Å². The zero-order valence-electron chi connectivity index (χ0n) is 13.1. The molecule has 2 atom stereocenters. The van der Waals surface area contributed by atoms with Gasteiger partial charge in [0.25, 0.3) is 0 Å². The van der Waals surface area contributed by atoms with Crippen LogP contribution in [0.25, 0.3) is 0 Å². The number of hydrogen-bond donors (Lipinski definition) is 0. The average molecular weight is 506 g/mol. The van der Waals surface area contributed by atoms with E-state index in [0.29, 0.717) is 5.33 Å². The summed E-state index contributed by atoms with van der Waals surface area (Å²) >= 11 is 6.95. The van der Waals surface area contributed by atoms with E-state index >= 15 is 0 Å². The van der Waals surface area contributed by atoms with Gasteiger partial charge in [-0.05, 0) is 31.8 Å². The Morgan fingerprint density at radius 3 is 2.09 bits per heavy atom. The molecule has 0 bridgehead atoms. The Morgan fingerprint density at radius 1 is 1.04 bits per heavy atom. The molecule has 124 valence electrons. The summed E-state index contributed by atoms with van der Waals surface area (Å²) in [6.07, 6.45) is 0. The van der Waals surface area contributed by atoms with E-state index in [1.807, 2.05) is 56.6 Å². The highest BCUT2D eigenvalue weighted by molar-refractivity contribution is 9.10. The number of nitrogens with zero attached hydrogens (tertiary/aromatic N) is 1. The molecule has 0 N–H and O–H groups in total. The third-order valence-corrected chi connectivity index (χ3v) is 4.94. The monoisotopic (exact) mass is 503 g/mol. The largest absolute Gasteiger partial charge is 0.302 e. The van der Waals surface area contributed by atoms with E-state index in [1.165, 1.54) is 0 Å². The number of carbonyl (C=O) groups excluding carboxylic acids is 1. The summed E-state index contributed by atoms with van der Waals surface area (Å²) in [4.78, 5) is 15.0. The normalized spacial score (nSPS) is 13.3. The van der Waals surface area contributed by atoms with E-state index in [0.717, 1.165) is 15.6 Å². The van der Waals surface area contributed by atoms with Crippen LogP contribution in [0.2, 0.25) is 0 Å². The lowest BCUT2D eigenvalue weighted by Gasteiger charge is -2.31. The molecule has 0 heterocycles. The lowest BCUT2D eigenvalue weighted by atomic mass is 9.87. The molecule has 0 spiro atoms. The van der Waals surface area contributed by atoms with E-state index in [1.54, 1.807) is 0 Å². The van der Waals surface area contributed by atoms with E-state index in [-0.39, 0.29) is 34.7 Å². The van der Waals surface area contributed by atoms with Crippen molar-refractivity contribution >= 4 is 54.6 Å². The van der Waals surface area contributed by atoms with Crippen molar-refractivity contribution in [2.75, 3.05) is 19.4 Å². The topological polar surface area (TPSA) is 20.3 Å². The van der Waals surface area contributed by atoms with Crippen LogP contribution >= 0.6 is 48.8 Å². The van der Waals surface area contributed by atoms with Gasteiger partial charge in [-0.2, -0.15) is 0 Å². The number of benzene rings is 2. The van der Waals surface area contributed by atoms with Gasteiger partial charge >= 0.3 is 0 Å². The van der Waals surface area contributed by atoms with Crippen molar-refractivity contribution in [1.29, 1.82) is 0 Å². The van der Waals surface area contributed by atoms with E-state index < -0.39 is 0 Å². The zero-order chi connectivity index (χ0) is 16.1. The van der Waals surface area contributed by atoms with Gasteiger partial charge in [0, 0.05) is 21.4 Å². The van der Waals surface area contributed by atoms with Crippen LogP contribution in [0.1, 0.15) is 22.0 Å². The molecule has 2 unspecified atom stereocenters. The van der Waals surface area contributed by atoms with Crippen LogP contribution in [0.15, 0.2) is 59.1 Å². The first kappa shape index (κ1) is 20.6. The maximum atomic E-state index is 12.9. The van der Waals surface area contributed by atoms with Crippen molar-refractivity contribution in [2.45, 2.75) is 6.04 Å². The lowest BCUT2D eigenvalue weighted by Crippen LogP contribution is -2.33. The Bertz CT molecular complexity index is 614. The van der Waals surface area contributed by atoms with Gasteiger partial charge in [0.1, 0.15) is 0 Å². The number of Topliss-reactive ketones (excluding diaryl/α,β-unsaturated/α-hetero) is 1. The predicted molar refractivity (Wildman–Crippen MR) is 109 cm³/mol. The highest BCUT2D eigenvalue weighted by Crippen LogP contribution is 2.31. The fourth-order valence-electron chi connectivity index (χ4n) is 2.67. The Hall–Kier alpha value is -0.490. The smallest absolute Gasteiger partial charge is 0.168 e. The Labute approximate surface area is 165 Å². The average Bonchev–Trinajstić information content (AvgIpc) is 2.53. The van der Waals surface area contributed by atoms with Gasteiger partial charge in [0.2, 0.25) is 0 Å². The third kappa shape index (κ3) is 5.24. The Kier molecular flexibility index (Phi) is 8.69. The third-order valence-electron chi connectivity index (χ3n) is 3.71. The van der Waals surface area contributed by atoms with E-state index in [4.69, 9.17) is 0 Å². The van der Waals surface area contributed by atoms with Crippen molar-refractivity contribution in [3.63, 3.8) is 0 Å². The molecule has 0 aliphatic rings. The maximum Gasteiger partial charge on any atom is 0.168 e. The summed E-state index contributed by atoms with van der Waals surface area (Å²) in [6.45, 7) is 0. The molecular formula is C18H20Br3NO. The molecule has 0 amide bonds. The number of halogens is 3. The molecule has 2 aromatic carbocycles. The zero-order valence-corrected chi connectivity index (χ0v) is 18.0. The van der Waals surface area contributed by atoms with Crippen molar-refractivity contribution in [3.05, 3.63) is 70.2 Å². The fraction of sp³-hybridized carbons (Fsp3) is 0.278. The first-order valence-electron chi connectivity index (χ1n) is 7.11. The molecule has 0 aromatic heterocycles. The van der Waals surface area contributed by atoms with Gasteiger partial charge in [-0.3, -0.25) is 4.79 Å². The second-order valence-electron chi connectivity index (χ2n) is 5.45. The highest BCUT2D eigenvalue weighted by atomic mass is 79.9. The van der Waals surface area contributed by atoms with Gasteiger partial charge in [0.15, 0.2) is 5.78 Å². The molecule has 0 saturated carbocycles. The predicted octanol–water partition coefficient (Wildman–Crippen LogP) is 5.52. The molecule has 5 heteroatoms. The second-order valence-corrected chi connectivity index (χ2v) is 7.01. The summed E-state index contributed by atoms with van der Waals surface area (Å²) in [5.74, 6) is 0.0190. The minimum absolute atomic E-state index is 0. The van der Waals surface area contributed by atoms with Crippen LogP contribution in [-0.4, -0.2) is 30.1 Å². The number of rotatable bonds is 6. The number of hydrogen-bond acceptors (Lipinski definition) is 2. The van der Waals surface area contributed by atoms with Gasteiger partial charge in [-0.25, -0.2) is 0 Å². The second kappa shape index (κ2) is 9.72. The van der Waals surface area contributed by atoms with Gasteiger partial charge in [0.05, 0.1) is 5.92 Å². The molecule has 0 aliphatic heterocycles. The summed E-state index contributed by atoms with van der Waals surface area (Å²) < 4.78 is 0.978. The molecule has 0 saturated heterocycles. The first-order chi connectivity index (χ1) is 10.5. The molecule has 0 aliphatic carbocycles. The fourth-order valence-corrected chi connectivity index (χ4v) is 3.58. The molecular weight excluding hydrogens is 486 g/mol. The minimum Gasteiger partial charge on any atom is -0.302 e. The summed E-state index contributed by atoms with van der Waals surface area (Å²) in [7, 11) is 4.03. The SMILES string of the molecule is Br.CN(C)C(c1ccccc1)C(CBr)C(=O)c1ccc(Br)cc1. The van der Waals surface area contributed by atoms with Crippen molar-refractivity contribution in [2.24, 2.45) is 5.92 Å². The summed E-state index contributed by atoms with van der Waals surface area (Å²) in [5.41, 5.74) is 1.90. The first-order valence-corrected chi connectivity index (χ1v) is 9.03. The molecule has 0 radical (unpaired) electrons. The van der Waals surface area contributed by atoms with Gasteiger partial charge < -0.3 is 4.90 Å². The molecule has 2 rings (SSSR count). The highest BCUT2D eigenvalue weighted by Gasteiger charge is 2.30.